The van der Waals surface area contributed by atoms with Gasteiger partial charge in [0.2, 0.25) is 0 Å². The zero-order chi connectivity index (χ0) is 14.2. The third-order valence-corrected chi connectivity index (χ3v) is 2.78. The topological polar surface area (TPSA) is 66.9 Å². The highest BCUT2D eigenvalue weighted by atomic mass is 16.1. The summed E-state index contributed by atoms with van der Waals surface area (Å²) in [6.07, 6.45) is 7.70. The van der Waals surface area contributed by atoms with Crippen LogP contribution in [0.4, 0.5) is 5.69 Å². The van der Waals surface area contributed by atoms with Crippen molar-refractivity contribution in [3.8, 4) is 0 Å². The summed E-state index contributed by atoms with van der Waals surface area (Å²) in [6.45, 7) is 3.36. The second-order valence-corrected chi connectivity index (χ2v) is 4.43. The number of aromatic nitrogens is 2. The van der Waals surface area contributed by atoms with Crippen LogP contribution in [-0.4, -0.2) is 22.4 Å². The number of carbonyl (C=O) groups is 1. The van der Waals surface area contributed by atoms with Crippen LogP contribution in [0.1, 0.15) is 29.3 Å². The summed E-state index contributed by atoms with van der Waals surface area (Å²) < 4.78 is 0. The fourth-order valence-electron chi connectivity index (χ4n) is 1.71. The molecule has 0 aromatic carbocycles. The van der Waals surface area contributed by atoms with Gasteiger partial charge in [-0.2, -0.15) is 0 Å². The molecule has 2 heterocycles. The molecular formula is C15H18N4O. The Bertz CT molecular complexity index is 557. The van der Waals surface area contributed by atoms with Crippen LogP contribution in [-0.2, 0) is 6.54 Å². The molecule has 0 bridgehead atoms. The lowest BCUT2D eigenvalue weighted by Crippen LogP contribution is -2.24. The van der Waals surface area contributed by atoms with Crippen molar-refractivity contribution in [1.29, 1.82) is 0 Å². The summed E-state index contributed by atoms with van der Waals surface area (Å²) in [4.78, 5) is 19.9. The SMILES string of the molecule is CCCNC(=O)c1cncc(NCc2ccncc2)c1. The third-order valence-electron chi connectivity index (χ3n) is 2.78. The Hall–Kier alpha value is -2.43. The predicted molar refractivity (Wildman–Crippen MR) is 78.4 cm³/mol. The largest absolute Gasteiger partial charge is 0.380 e. The predicted octanol–water partition coefficient (Wildman–Crippen LogP) is 2.23. The summed E-state index contributed by atoms with van der Waals surface area (Å²) in [5, 5.41) is 6.08. The molecule has 104 valence electrons. The summed E-state index contributed by atoms with van der Waals surface area (Å²) in [6, 6.07) is 5.69. The van der Waals surface area contributed by atoms with Crippen molar-refractivity contribution in [1.82, 2.24) is 15.3 Å². The van der Waals surface area contributed by atoms with Crippen molar-refractivity contribution in [3.05, 3.63) is 54.1 Å². The Morgan fingerprint density at radius 1 is 1.20 bits per heavy atom. The van der Waals surface area contributed by atoms with E-state index in [0.717, 1.165) is 17.7 Å². The molecule has 20 heavy (non-hydrogen) atoms. The quantitative estimate of drug-likeness (QED) is 0.844. The molecular weight excluding hydrogens is 252 g/mol. The summed E-state index contributed by atoms with van der Waals surface area (Å²) in [7, 11) is 0. The monoisotopic (exact) mass is 270 g/mol. The van der Waals surface area contributed by atoms with Gasteiger partial charge in [0, 0.05) is 37.9 Å². The van der Waals surface area contributed by atoms with Gasteiger partial charge in [0.05, 0.1) is 11.3 Å². The van der Waals surface area contributed by atoms with Gasteiger partial charge in [-0.15, -0.1) is 0 Å². The molecule has 0 radical (unpaired) electrons. The van der Waals surface area contributed by atoms with Crippen LogP contribution in [0, 0.1) is 0 Å². The number of amides is 1. The van der Waals surface area contributed by atoms with E-state index in [-0.39, 0.29) is 5.91 Å². The molecule has 0 saturated heterocycles. The smallest absolute Gasteiger partial charge is 0.252 e. The first-order valence-electron chi connectivity index (χ1n) is 6.65. The van der Waals surface area contributed by atoms with Gasteiger partial charge in [-0.1, -0.05) is 6.92 Å². The minimum atomic E-state index is -0.0908. The maximum absolute atomic E-state index is 11.8. The van der Waals surface area contributed by atoms with Crippen LogP contribution in [0.5, 0.6) is 0 Å². The van der Waals surface area contributed by atoms with Crippen LogP contribution < -0.4 is 10.6 Å². The third kappa shape index (κ3) is 4.05. The fourth-order valence-corrected chi connectivity index (χ4v) is 1.71. The molecule has 0 atom stereocenters. The number of nitrogens with zero attached hydrogens (tertiary/aromatic N) is 2. The van der Waals surface area contributed by atoms with Crippen LogP contribution in [0.25, 0.3) is 0 Å². The van der Waals surface area contributed by atoms with E-state index in [0.29, 0.717) is 18.7 Å². The molecule has 1 amide bonds. The van der Waals surface area contributed by atoms with Gasteiger partial charge in [0.1, 0.15) is 0 Å². The van der Waals surface area contributed by atoms with Crippen molar-refractivity contribution in [3.63, 3.8) is 0 Å². The van der Waals surface area contributed by atoms with E-state index in [1.165, 1.54) is 0 Å². The minimum absolute atomic E-state index is 0.0908. The maximum atomic E-state index is 11.8. The van der Waals surface area contributed by atoms with Crippen molar-refractivity contribution < 1.29 is 4.79 Å². The summed E-state index contributed by atoms with van der Waals surface area (Å²) in [5.74, 6) is -0.0908. The van der Waals surface area contributed by atoms with Gasteiger partial charge in [-0.3, -0.25) is 14.8 Å². The van der Waals surface area contributed by atoms with E-state index in [4.69, 9.17) is 0 Å². The number of pyridine rings is 2. The van der Waals surface area contributed by atoms with Crippen molar-refractivity contribution in [2.75, 3.05) is 11.9 Å². The van der Waals surface area contributed by atoms with Crippen LogP contribution in [0.3, 0.4) is 0 Å². The summed E-state index contributed by atoms with van der Waals surface area (Å²) in [5.41, 5.74) is 2.52. The molecule has 0 aliphatic carbocycles. The Morgan fingerprint density at radius 3 is 2.75 bits per heavy atom. The summed E-state index contributed by atoms with van der Waals surface area (Å²) >= 11 is 0. The average Bonchev–Trinajstić information content (AvgIpc) is 2.52. The second kappa shape index (κ2) is 7.23. The van der Waals surface area contributed by atoms with E-state index in [1.807, 2.05) is 19.1 Å². The molecule has 0 fully saturated rings. The van der Waals surface area contributed by atoms with Crippen LogP contribution in [0.2, 0.25) is 0 Å². The van der Waals surface area contributed by atoms with E-state index < -0.39 is 0 Å². The zero-order valence-corrected chi connectivity index (χ0v) is 11.5. The van der Waals surface area contributed by atoms with Gasteiger partial charge in [0.25, 0.3) is 5.91 Å². The van der Waals surface area contributed by atoms with Crippen molar-refractivity contribution in [2.24, 2.45) is 0 Å². The molecule has 0 saturated carbocycles. The molecule has 2 aromatic rings. The Labute approximate surface area is 118 Å². The van der Waals surface area contributed by atoms with Gasteiger partial charge >= 0.3 is 0 Å². The standard InChI is InChI=1S/C15H18N4O/c1-2-5-18-15(20)13-8-14(11-17-10-13)19-9-12-3-6-16-7-4-12/h3-4,6-8,10-11,19H,2,5,9H2,1H3,(H,18,20). The molecule has 5 heteroatoms. The highest BCUT2D eigenvalue weighted by molar-refractivity contribution is 5.94. The molecule has 0 spiro atoms. The number of hydrogen-bond acceptors (Lipinski definition) is 4. The first-order valence-corrected chi connectivity index (χ1v) is 6.65. The molecule has 2 aromatic heterocycles. The Morgan fingerprint density at radius 2 is 2.00 bits per heavy atom. The van der Waals surface area contributed by atoms with Gasteiger partial charge < -0.3 is 10.6 Å². The molecule has 2 N–H and O–H groups in total. The second-order valence-electron chi connectivity index (χ2n) is 4.43. The van der Waals surface area contributed by atoms with E-state index in [9.17, 15) is 4.79 Å². The van der Waals surface area contributed by atoms with Crippen LogP contribution in [0.15, 0.2) is 43.0 Å². The molecule has 0 aliphatic rings. The highest BCUT2D eigenvalue weighted by Crippen LogP contribution is 2.10. The lowest BCUT2D eigenvalue weighted by Gasteiger charge is -2.08. The maximum Gasteiger partial charge on any atom is 0.252 e. The molecule has 0 aliphatic heterocycles. The lowest BCUT2D eigenvalue weighted by molar-refractivity contribution is 0.0953. The number of rotatable bonds is 6. The highest BCUT2D eigenvalue weighted by Gasteiger charge is 2.05. The number of carbonyl (C=O) groups excluding carboxylic acids is 1. The van der Waals surface area contributed by atoms with E-state index >= 15 is 0 Å². The number of anilines is 1. The van der Waals surface area contributed by atoms with Gasteiger partial charge in [-0.05, 0) is 30.2 Å². The lowest BCUT2D eigenvalue weighted by atomic mass is 10.2. The minimum Gasteiger partial charge on any atom is -0.380 e. The van der Waals surface area contributed by atoms with Crippen molar-refractivity contribution >= 4 is 11.6 Å². The van der Waals surface area contributed by atoms with Crippen LogP contribution >= 0.6 is 0 Å². The van der Waals surface area contributed by atoms with Crippen molar-refractivity contribution in [2.45, 2.75) is 19.9 Å². The molecule has 0 unspecified atom stereocenters. The Kier molecular flexibility index (Phi) is 5.06. The zero-order valence-electron chi connectivity index (χ0n) is 11.5. The van der Waals surface area contributed by atoms with E-state index in [1.54, 1.807) is 30.9 Å². The first-order chi connectivity index (χ1) is 9.79. The molecule has 2 rings (SSSR count). The van der Waals surface area contributed by atoms with E-state index in [2.05, 4.69) is 20.6 Å². The fraction of sp³-hybridized carbons (Fsp3) is 0.267. The number of nitrogens with one attached hydrogen (secondary N) is 2. The van der Waals surface area contributed by atoms with Gasteiger partial charge in [-0.25, -0.2) is 0 Å². The normalized spacial score (nSPS) is 10.1. The average molecular weight is 270 g/mol. The number of hydrogen-bond donors (Lipinski definition) is 2. The Balaban J connectivity index is 1.97. The molecule has 5 nitrogen and oxygen atoms in total. The van der Waals surface area contributed by atoms with Gasteiger partial charge in [0.15, 0.2) is 0 Å². The first kappa shape index (κ1) is 14.0.